The first-order valence-electron chi connectivity index (χ1n) is 7.29. The van der Waals surface area contributed by atoms with E-state index >= 15 is 0 Å². The third-order valence-electron chi connectivity index (χ3n) is 3.67. The summed E-state index contributed by atoms with van der Waals surface area (Å²) >= 11 is 11.3. The van der Waals surface area contributed by atoms with Crippen molar-refractivity contribution in [1.29, 1.82) is 5.26 Å². The molecule has 1 aromatic heterocycles. The SMILES string of the molecule is N#Cc1nn(-c2c(Cl)cc(C(F)(F)F)cc2Cl)cc1C(=O)C(F)(F)C(F)(F)C(F)(F)F. The molecule has 168 valence electrons. The van der Waals surface area contributed by atoms with Gasteiger partial charge in [0.15, 0.2) is 5.69 Å². The lowest BCUT2D eigenvalue weighted by molar-refractivity contribution is -0.339. The van der Waals surface area contributed by atoms with Gasteiger partial charge < -0.3 is 0 Å². The van der Waals surface area contributed by atoms with Gasteiger partial charge in [0.1, 0.15) is 11.8 Å². The molecular weight excluding hydrogens is 499 g/mol. The van der Waals surface area contributed by atoms with Crippen molar-refractivity contribution in [2.75, 3.05) is 0 Å². The Hall–Kier alpha value is -2.53. The summed E-state index contributed by atoms with van der Waals surface area (Å²) in [6.07, 6.45) is -11.6. The number of carbonyl (C=O) groups is 1. The van der Waals surface area contributed by atoms with Gasteiger partial charge in [-0.2, -0.15) is 54.3 Å². The van der Waals surface area contributed by atoms with Crippen molar-refractivity contribution in [1.82, 2.24) is 9.78 Å². The molecule has 0 saturated heterocycles. The van der Waals surface area contributed by atoms with Gasteiger partial charge in [-0.05, 0) is 12.1 Å². The number of rotatable bonds is 4. The van der Waals surface area contributed by atoms with Crippen molar-refractivity contribution in [2.45, 2.75) is 24.2 Å². The second-order valence-electron chi connectivity index (χ2n) is 5.71. The Balaban J connectivity index is 2.65. The molecule has 0 amide bonds. The summed E-state index contributed by atoms with van der Waals surface area (Å²) in [5.74, 6) is -16.3. The van der Waals surface area contributed by atoms with E-state index in [-0.39, 0.29) is 10.9 Å². The predicted octanol–water partition coefficient (Wildman–Crippen LogP) is 6.09. The zero-order valence-electron chi connectivity index (χ0n) is 14.0. The second kappa shape index (κ2) is 7.56. The van der Waals surface area contributed by atoms with Crippen molar-refractivity contribution < 1.29 is 48.7 Å². The van der Waals surface area contributed by atoms with E-state index < -0.39 is 62.5 Å². The van der Waals surface area contributed by atoms with Crippen LogP contribution in [0, 0.1) is 11.3 Å². The first-order valence-corrected chi connectivity index (χ1v) is 8.05. The van der Waals surface area contributed by atoms with Crippen LogP contribution in [0.3, 0.4) is 0 Å². The lowest BCUT2D eigenvalue weighted by atomic mass is 10.0. The Kier molecular flexibility index (Phi) is 6.03. The number of carbonyl (C=O) groups excluding carboxylic acids is 1. The monoisotopic (exact) mass is 501 g/mol. The van der Waals surface area contributed by atoms with E-state index in [1.807, 2.05) is 0 Å². The van der Waals surface area contributed by atoms with Crippen LogP contribution in [0.1, 0.15) is 21.6 Å². The van der Waals surface area contributed by atoms with Gasteiger partial charge in [-0.25, -0.2) is 4.68 Å². The fourth-order valence-electron chi connectivity index (χ4n) is 2.17. The van der Waals surface area contributed by atoms with Gasteiger partial charge >= 0.3 is 24.2 Å². The number of Topliss-reactive ketones (excluding diaryl/α,β-unsaturated/α-hetero) is 1. The Morgan fingerprint density at radius 1 is 0.968 bits per heavy atom. The molecule has 4 nitrogen and oxygen atoms in total. The molecule has 2 aromatic rings. The minimum absolute atomic E-state index is 0.113. The van der Waals surface area contributed by atoms with Crippen LogP contribution in [-0.2, 0) is 6.18 Å². The Bertz CT molecular complexity index is 1060. The number of ketones is 1. The summed E-state index contributed by atoms with van der Waals surface area (Å²) in [4.78, 5) is 11.8. The van der Waals surface area contributed by atoms with Crippen molar-refractivity contribution in [3.05, 3.63) is 45.2 Å². The van der Waals surface area contributed by atoms with Crippen LogP contribution in [0.15, 0.2) is 18.3 Å². The van der Waals surface area contributed by atoms with Gasteiger partial charge in [-0.15, -0.1) is 0 Å². The minimum atomic E-state index is -6.82. The summed E-state index contributed by atoms with van der Waals surface area (Å²) in [6, 6.07) is 1.64. The number of aromatic nitrogens is 2. The molecule has 0 aliphatic carbocycles. The fraction of sp³-hybridized carbons (Fsp3) is 0.267. The summed E-state index contributed by atoms with van der Waals surface area (Å²) < 4.78 is 129. The lowest BCUT2D eigenvalue weighted by Crippen LogP contribution is -2.56. The number of hydrogen-bond acceptors (Lipinski definition) is 3. The molecule has 0 radical (unpaired) electrons. The molecule has 16 heteroatoms. The third kappa shape index (κ3) is 4.16. The molecule has 1 heterocycles. The molecule has 1 aromatic carbocycles. The maximum atomic E-state index is 13.7. The van der Waals surface area contributed by atoms with Crippen molar-refractivity contribution >= 4 is 29.0 Å². The zero-order valence-corrected chi connectivity index (χ0v) is 15.5. The summed E-state index contributed by atoms with van der Waals surface area (Å²) in [6.45, 7) is 0. The third-order valence-corrected chi connectivity index (χ3v) is 4.25. The van der Waals surface area contributed by atoms with Gasteiger partial charge in [0.05, 0.1) is 21.2 Å². The van der Waals surface area contributed by atoms with E-state index in [1.54, 1.807) is 0 Å². The number of hydrogen-bond donors (Lipinski definition) is 0. The zero-order chi connectivity index (χ0) is 24.2. The number of halogens is 12. The van der Waals surface area contributed by atoms with E-state index in [1.165, 1.54) is 0 Å². The minimum Gasteiger partial charge on any atom is -0.287 e. The molecule has 31 heavy (non-hydrogen) atoms. The van der Waals surface area contributed by atoms with Crippen molar-refractivity contribution in [3.8, 4) is 11.8 Å². The molecule has 0 fully saturated rings. The lowest BCUT2D eigenvalue weighted by Gasteiger charge is -2.26. The standard InChI is InChI=1S/C15H3Cl2F10N3O/c16-7-1-5(13(20,21)22)2-8(17)10(7)30-4-6(9(3-28)29-30)11(31)12(18,19)14(23,24)15(25,26)27/h1-2,4H. The number of benzene rings is 1. The molecule has 0 aliphatic rings. The second-order valence-corrected chi connectivity index (χ2v) is 6.52. The predicted molar refractivity (Wildman–Crippen MR) is 83.6 cm³/mol. The molecule has 0 bridgehead atoms. The van der Waals surface area contributed by atoms with Crippen LogP contribution >= 0.6 is 23.2 Å². The number of nitrogens with zero attached hydrogens (tertiary/aromatic N) is 3. The van der Waals surface area contributed by atoms with Crippen molar-refractivity contribution in [2.24, 2.45) is 0 Å². The van der Waals surface area contributed by atoms with Gasteiger partial charge in [0.25, 0.3) is 0 Å². The molecule has 2 rings (SSSR count). The fourth-order valence-corrected chi connectivity index (χ4v) is 2.84. The summed E-state index contributed by atoms with van der Waals surface area (Å²) in [5.41, 5.74) is -5.07. The number of nitriles is 1. The van der Waals surface area contributed by atoms with E-state index in [4.69, 9.17) is 28.5 Å². The Morgan fingerprint density at radius 2 is 1.45 bits per heavy atom. The molecule has 0 aliphatic heterocycles. The maximum absolute atomic E-state index is 13.7. The van der Waals surface area contributed by atoms with Crippen molar-refractivity contribution in [3.63, 3.8) is 0 Å². The summed E-state index contributed by atoms with van der Waals surface area (Å²) in [5, 5.41) is 10.5. The van der Waals surface area contributed by atoms with Gasteiger partial charge in [0, 0.05) is 6.20 Å². The first kappa shape index (κ1) is 24.7. The topological polar surface area (TPSA) is 58.7 Å². The molecular formula is C15H3Cl2F10N3O. The Morgan fingerprint density at radius 3 is 1.84 bits per heavy atom. The highest BCUT2D eigenvalue weighted by molar-refractivity contribution is 6.37. The highest BCUT2D eigenvalue weighted by Crippen LogP contribution is 2.48. The van der Waals surface area contributed by atoms with Crippen LogP contribution in [0.25, 0.3) is 5.69 Å². The van der Waals surface area contributed by atoms with Crippen LogP contribution < -0.4 is 0 Å². The number of alkyl halides is 10. The van der Waals surface area contributed by atoms with Crippen LogP contribution in [0.4, 0.5) is 43.9 Å². The van der Waals surface area contributed by atoms with Crippen LogP contribution in [-0.4, -0.2) is 33.6 Å². The van der Waals surface area contributed by atoms with Crippen LogP contribution in [0.5, 0.6) is 0 Å². The molecule has 0 unspecified atom stereocenters. The van der Waals surface area contributed by atoms with E-state index in [9.17, 15) is 48.7 Å². The van der Waals surface area contributed by atoms with E-state index in [0.29, 0.717) is 12.1 Å². The molecule has 0 atom stereocenters. The van der Waals surface area contributed by atoms with Crippen LogP contribution in [0.2, 0.25) is 10.0 Å². The average Bonchev–Trinajstić information content (AvgIpc) is 3.02. The largest absolute Gasteiger partial charge is 0.460 e. The van der Waals surface area contributed by atoms with Gasteiger partial charge in [0.2, 0.25) is 5.78 Å². The smallest absolute Gasteiger partial charge is 0.287 e. The highest BCUT2D eigenvalue weighted by Gasteiger charge is 2.76. The first-order chi connectivity index (χ1) is 13.9. The quantitative estimate of drug-likeness (QED) is 0.376. The van der Waals surface area contributed by atoms with E-state index in [2.05, 4.69) is 5.10 Å². The average molecular weight is 502 g/mol. The Labute approximate surface area is 174 Å². The maximum Gasteiger partial charge on any atom is 0.460 e. The normalized spacial score (nSPS) is 13.3. The molecule has 0 N–H and O–H groups in total. The van der Waals surface area contributed by atoms with Gasteiger partial charge in [-0.3, -0.25) is 4.79 Å². The summed E-state index contributed by atoms with van der Waals surface area (Å²) in [7, 11) is 0. The highest BCUT2D eigenvalue weighted by atomic mass is 35.5. The molecule has 0 spiro atoms. The van der Waals surface area contributed by atoms with Gasteiger partial charge in [-0.1, -0.05) is 23.2 Å². The molecule has 0 saturated carbocycles. The van der Waals surface area contributed by atoms with E-state index in [0.717, 1.165) is 6.07 Å².